The minimum Gasteiger partial charge on any atom is -0.338 e. The number of hydrogen-bond donors (Lipinski definition) is 1. The molecule has 0 aromatic carbocycles. The fourth-order valence-electron chi connectivity index (χ4n) is 2.22. The van der Waals surface area contributed by atoms with E-state index in [0.717, 1.165) is 38.2 Å². The summed E-state index contributed by atoms with van der Waals surface area (Å²) in [4.78, 5) is 14.4. The van der Waals surface area contributed by atoms with Crippen LogP contribution >= 0.6 is 24.2 Å². The van der Waals surface area contributed by atoms with E-state index in [1.54, 1.807) is 11.8 Å². The summed E-state index contributed by atoms with van der Waals surface area (Å²) in [5, 5.41) is 3.34. The molecule has 5 heteroatoms. The number of hydrogen-bond acceptors (Lipinski definition) is 3. The molecule has 0 radical (unpaired) electrons. The molecule has 2 unspecified atom stereocenters. The zero-order valence-corrected chi connectivity index (χ0v) is 12.7. The predicted molar refractivity (Wildman–Crippen MR) is 78.1 cm³/mol. The molecule has 0 aromatic heterocycles. The summed E-state index contributed by atoms with van der Waals surface area (Å²) in [5.41, 5.74) is 0. The molecule has 1 aliphatic heterocycles. The average Bonchev–Trinajstić information content (AvgIpc) is 2.78. The number of thioether (sulfide) groups is 1. The molecule has 1 rings (SSSR count). The van der Waals surface area contributed by atoms with Crippen molar-refractivity contribution in [1.82, 2.24) is 10.2 Å². The number of nitrogens with one attached hydrogen (secondary N) is 1. The first-order valence-corrected chi connectivity index (χ1v) is 7.60. The molecule has 0 spiro atoms. The Morgan fingerprint density at radius 1 is 1.59 bits per heavy atom. The van der Waals surface area contributed by atoms with Crippen LogP contribution in [0, 0.1) is 5.92 Å². The summed E-state index contributed by atoms with van der Waals surface area (Å²) < 4.78 is 0. The second-order valence-electron chi connectivity index (χ2n) is 4.53. The van der Waals surface area contributed by atoms with Gasteiger partial charge in [0.05, 0.1) is 0 Å². The number of carbonyl (C=O) groups excluding carboxylic acids is 1. The van der Waals surface area contributed by atoms with Crippen LogP contribution in [-0.4, -0.2) is 48.5 Å². The second kappa shape index (κ2) is 9.06. The molecule has 1 saturated heterocycles. The summed E-state index contributed by atoms with van der Waals surface area (Å²) in [6.07, 6.45) is 4.22. The van der Waals surface area contributed by atoms with Crippen molar-refractivity contribution >= 4 is 30.1 Å². The number of rotatable bonds is 6. The largest absolute Gasteiger partial charge is 0.338 e. The summed E-state index contributed by atoms with van der Waals surface area (Å²) >= 11 is 1.75. The molecule has 1 N–H and O–H groups in total. The lowest BCUT2D eigenvalue weighted by molar-refractivity contribution is -0.136. The van der Waals surface area contributed by atoms with Crippen molar-refractivity contribution in [2.75, 3.05) is 31.6 Å². The van der Waals surface area contributed by atoms with Gasteiger partial charge in [0.1, 0.15) is 0 Å². The van der Waals surface area contributed by atoms with Crippen molar-refractivity contribution in [3.8, 4) is 0 Å². The minimum absolute atomic E-state index is 0. The van der Waals surface area contributed by atoms with Crippen LogP contribution in [0.5, 0.6) is 0 Å². The molecule has 0 bridgehead atoms. The first-order chi connectivity index (χ1) is 7.70. The highest BCUT2D eigenvalue weighted by Crippen LogP contribution is 2.15. The Bertz CT molecular complexity index is 223. The molecule has 1 aliphatic rings. The van der Waals surface area contributed by atoms with Gasteiger partial charge in [-0.3, -0.25) is 4.79 Å². The third kappa shape index (κ3) is 5.06. The molecule has 102 valence electrons. The Morgan fingerprint density at radius 2 is 2.29 bits per heavy atom. The fourth-order valence-corrected chi connectivity index (χ4v) is 2.87. The van der Waals surface area contributed by atoms with Crippen LogP contribution in [-0.2, 0) is 4.79 Å². The average molecular weight is 281 g/mol. The van der Waals surface area contributed by atoms with Gasteiger partial charge in [-0.2, -0.15) is 11.8 Å². The Labute approximate surface area is 115 Å². The standard InChI is InChI=1S/C12H24N2OS.ClH/c1-4-7-14(11-5-6-13-8-11)12(15)10(2)9-16-3;/h10-11,13H,4-9H2,1-3H3;1H. The topological polar surface area (TPSA) is 32.3 Å². The van der Waals surface area contributed by atoms with Gasteiger partial charge in [0.25, 0.3) is 0 Å². The third-order valence-electron chi connectivity index (χ3n) is 3.06. The van der Waals surface area contributed by atoms with E-state index in [1.807, 2.05) is 6.92 Å². The van der Waals surface area contributed by atoms with Gasteiger partial charge in [-0.25, -0.2) is 0 Å². The first kappa shape index (κ1) is 17.1. The predicted octanol–water partition coefficient (Wildman–Crippen LogP) is 2.01. The van der Waals surface area contributed by atoms with Crippen molar-refractivity contribution in [1.29, 1.82) is 0 Å². The van der Waals surface area contributed by atoms with E-state index in [1.165, 1.54) is 0 Å². The van der Waals surface area contributed by atoms with Gasteiger partial charge in [0.15, 0.2) is 0 Å². The molecular formula is C12H25ClN2OS. The van der Waals surface area contributed by atoms with E-state index >= 15 is 0 Å². The van der Waals surface area contributed by atoms with Crippen LogP contribution in [0.2, 0.25) is 0 Å². The van der Waals surface area contributed by atoms with E-state index in [4.69, 9.17) is 0 Å². The smallest absolute Gasteiger partial charge is 0.226 e. The maximum Gasteiger partial charge on any atom is 0.226 e. The van der Waals surface area contributed by atoms with Crippen LogP contribution in [0.1, 0.15) is 26.7 Å². The Morgan fingerprint density at radius 3 is 2.76 bits per heavy atom. The molecule has 1 fully saturated rings. The Hall–Kier alpha value is 0.0700. The van der Waals surface area contributed by atoms with Gasteiger partial charge in [-0.1, -0.05) is 13.8 Å². The number of nitrogens with zero attached hydrogens (tertiary/aromatic N) is 1. The molecule has 0 saturated carbocycles. The van der Waals surface area contributed by atoms with E-state index in [9.17, 15) is 4.79 Å². The van der Waals surface area contributed by atoms with Crippen molar-refractivity contribution in [3.05, 3.63) is 0 Å². The molecule has 0 aromatic rings. The summed E-state index contributed by atoms with van der Waals surface area (Å²) in [6.45, 7) is 7.11. The molecule has 1 amide bonds. The highest BCUT2D eigenvalue weighted by molar-refractivity contribution is 7.98. The van der Waals surface area contributed by atoms with Crippen LogP contribution in [0.25, 0.3) is 0 Å². The molecule has 3 nitrogen and oxygen atoms in total. The Balaban J connectivity index is 0.00000256. The normalized spacial score (nSPS) is 20.8. The van der Waals surface area contributed by atoms with Crippen molar-refractivity contribution in [2.45, 2.75) is 32.7 Å². The van der Waals surface area contributed by atoms with Gasteiger partial charge >= 0.3 is 0 Å². The zero-order valence-electron chi connectivity index (χ0n) is 11.1. The van der Waals surface area contributed by atoms with Crippen LogP contribution in [0.4, 0.5) is 0 Å². The SMILES string of the molecule is CCCN(C(=O)C(C)CSC)C1CCNC1.Cl. The Kier molecular flexibility index (Phi) is 9.10. The van der Waals surface area contributed by atoms with Crippen molar-refractivity contribution < 1.29 is 4.79 Å². The van der Waals surface area contributed by atoms with E-state index < -0.39 is 0 Å². The van der Waals surface area contributed by atoms with Crippen LogP contribution in [0.15, 0.2) is 0 Å². The maximum atomic E-state index is 12.3. The third-order valence-corrected chi connectivity index (χ3v) is 3.89. The van der Waals surface area contributed by atoms with Gasteiger partial charge in [-0.15, -0.1) is 12.4 Å². The van der Waals surface area contributed by atoms with E-state index in [0.29, 0.717) is 11.9 Å². The molecule has 1 heterocycles. The first-order valence-electron chi connectivity index (χ1n) is 6.20. The van der Waals surface area contributed by atoms with E-state index in [-0.39, 0.29) is 18.3 Å². The van der Waals surface area contributed by atoms with Gasteiger partial charge in [0.2, 0.25) is 5.91 Å². The number of amides is 1. The number of carbonyl (C=O) groups is 1. The highest BCUT2D eigenvalue weighted by Gasteiger charge is 2.28. The second-order valence-corrected chi connectivity index (χ2v) is 5.45. The zero-order chi connectivity index (χ0) is 12.0. The lowest BCUT2D eigenvalue weighted by Gasteiger charge is -2.30. The molecule has 17 heavy (non-hydrogen) atoms. The monoisotopic (exact) mass is 280 g/mol. The maximum absolute atomic E-state index is 12.3. The molecular weight excluding hydrogens is 256 g/mol. The summed E-state index contributed by atoms with van der Waals surface area (Å²) in [6, 6.07) is 0.428. The van der Waals surface area contributed by atoms with Gasteiger partial charge in [-0.05, 0) is 25.6 Å². The number of halogens is 1. The lowest BCUT2D eigenvalue weighted by Crippen LogP contribution is -2.45. The van der Waals surface area contributed by atoms with Crippen LogP contribution < -0.4 is 5.32 Å². The fraction of sp³-hybridized carbons (Fsp3) is 0.917. The highest BCUT2D eigenvalue weighted by atomic mass is 35.5. The summed E-state index contributed by atoms with van der Waals surface area (Å²) in [7, 11) is 0. The van der Waals surface area contributed by atoms with Crippen molar-refractivity contribution in [3.63, 3.8) is 0 Å². The minimum atomic E-state index is 0. The van der Waals surface area contributed by atoms with Crippen LogP contribution in [0.3, 0.4) is 0 Å². The lowest BCUT2D eigenvalue weighted by atomic mass is 10.1. The van der Waals surface area contributed by atoms with Gasteiger partial charge < -0.3 is 10.2 Å². The molecule has 2 atom stereocenters. The van der Waals surface area contributed by atoms with Crippen molar-refractivity contribution in [2.24, 2.45) is 5.92 Å². The molecule has 0 aliphatic carbocycles. The summed E-state index contributed by atoms with van der Waals surface area (Å²) in [5.74, 6) is 1.42. The van der Waals surface area contributed by atoms with E-state index in [2.05, 4.69) is 23.4 Å². The quantitative estimate of drug-likeness (QED) is 0.808. The van der Waals surface area contributed by atoms with Gasteiger partial charge in [0, 0.05) is 30.8 Å².